The molecule has 1 aliphatic heterocycles. The molecule has 1 saturated heterocycles. The minimum absolute atomic E-state index is 0.227. The Morgan fingerprint density at radius 1 is 1.31 bits per heavy atom. The second kappa shape index (κ2) is 6.58. The van der Waals surface area contributed by atoms with Gasteiger partial charge < -0.3 is 10.1 Å². The summed E-state index contributed by atoms with van der Waals surface area (Å²) in [7, 11) is 3.83. The normalized spacial score (nSPS) is 24.0. The maximum Gasteiger partial charge on any atom is 0.0633 e. The van der Waals surface area contributed by atoms with Crippen LogP contribution in [0.5, 0.6) is 0 Å². The summed E-state index contributed by atoms with van der Waals surface area (Å²) in [5.41, 5.74) is 0.227. The Morgan fingerprint density at radius 2 is 1.94 bits per heavy atom. The minimum atomic E-state index is 0.227. The molecule has 0 aliphatic carbocycles. The highest BCUT2D eigenvalue weighted by Crippen LogP contribution is 2.27. The van der Waals surface area contributed by atoms with Crippen LogP contribution >= 0.6 is 0 Å². The molecule has 3 nitrogen and oxygen atoms in total. The predicted octanol–water partition coefficient (Wildman–Crippen LogP) is 1.88. The van der Waals surface area contributed by atoms with Gasteiger partial charge in [-0.2, -0.15) is 0 Å². The summed E-state index contributed by atoms with van der Waals surface area (Å²) < 4.78 is 5.34. The number of likely N-dealkylation sites (tertiary alicyclic amines) is 1. The van der Waals surface area contributed by atoms with Crippen molar-refractivity contribution in [1.29, 1.82) is 0 Å². The van der Waals surface area contributed by atoms with Crippen LogP contribution in [0.2, 0.25) is 0 Å². The number of nitrogens with one attached hydrogen (secondary N) is 1. The highest BCUT2D eigenvalue weighted by Gasteiger charge is 2.37. The maximum atomic E-state index is 5.34. The van der Waals surface area contributed by atoms with Crippen LogP contribution in [0.15, 0.2) is 0 Å². The molecule has 2 atom stereocenters. The third-order valence-corrected chi connectivity index (χ3v) is 4.23. The molecule has 0 aromatic carbocycles. The zero-order chi connectivity index (χ0) is 12.0. The molecule has 96 valence electrons. The Balaban J connectivity index is 2.71. The highest BCUT2D eigenvalue weighted by molar-refractivity contribution is 4.96. The fourth-order valence-corrected chi connectivity index (χ4v) is 2.84. The van der Waals surface area contributed by atoms with E-state index >= 15 is 0 Å². The molecule has 0 amide bonds. The molecule has 2 unspecified atom stereocenters. The molecule has 0 saturated carbocycles. The molecule has 1 rings (SSSR count). The van der Waals surface area contributed by atoms with Gasteiger partial charge in [0.1, 0.15) is 0 Å². The van der Waals surface area contributed by atoms with Crippen LogP contribution < -0.4 is 5.32 Å². The van der Waals surface area contributed by atoms with E-state index in [9.17, 15) is 0 Å². The van der Waals surface area contributed by atoms with E-state index in [0.717, 1.165) is 6.61 Å². The first-order valence-corrected chi connectivity index (χ1v) is 6.60. The zero-order valence-electron chi connectivity index (χ0n) is 11.4. The second-order valence-electron chi connectivity index (χ2n) is 5.06. The Morgan fingerprint density at radius 3 is 2.38 bits per heavy atom. The molecular formula is C13H28N2O. The predicted molar refractivity (Wildman–Crippen MR) is 68.8 cm³/mol. The van der Waals surface area contributed by atoms with Crippen LogP contribution in [0.3, 0.4) is 0 Å². The van der Waals surface area contributed by atoms with E-state index in [-0.39, 0.29) is 5.54 Å². The number of nitrogens with zero attached hydrogens (tertiary/aromatic N) is 1. The Labute approximate surface area is 101 Å². The summed E-state index contributed by atoms with van der Waals surface area (Å²) in [5, 5.41) is 3.43. The molecule has 16 heavy (non-hydrogen) atoms. The SMILES string of the molecule is CCC(C)(C(COC)NC)N1CCCCC1. The summed E-state index contributed by atoms with van der Waals surface area (Å²) in [4.78, 5) is 2.65. The second-order valence-corrected chi connectivity index (χ2v) is 5.06. The smallest absolute Gasteiger partial charge is 0.0633 e. The number of hydrogen-bond acceptors (Lipinski definition) is 3. The summed E-state index contributed by atoms with van der Waals surface area (Å²) in [5.74, 6) is 0. The van der Waals surface area contributed by atoms with Crippen LogP contribution in [0.25, 0.3) is 0 Å². The van der Waals surface area contributed by atoms with Crippen LogP contribution in [0.4, 0.5) is 0 Å². The molecule has 0 aromatic heterocycles. The zero-order valence-corrected chi connectivity index (χ0v) is 11.4. The number of piperidine rings is 1. The number of likely N-dealkylation sites (N-methyl/N-ethyl adjacent to an activating group) is 1. The van der Waals surface area contributed by atoms with Gasteiger partial charge in [0.25, 0.3) is 0 Å². The van der Waals surface area contributed by atoms with Crippen LogP contribution in [0, 0.1) is 0 Å². The molecule has 1 heterocycles. The molecule has 0 aromatic rings. The first kappa shape index (κ1) is 13.9. The fourth-order valence-electron chi connectivity index (χ4n) is 2.84. The van der Waals surface area contributed by atoms with Gasteiger partial charge in [0.05, 0.1) is 6.61 Å². The van der Waals surface area contributed by atoms with Crippen molar-refractivity contribution in [3.8, 4) is 0 Å². The topological polar surface area (TPSA) is 24.5 Å². The van der Waals surface area contributed by atoms with Crippen molar-refractivity contribution < 1.29 is 4.74 Å². The number of ether oxygens (including phenoxy) is 1. The first-order valence-electron chi connectivity index (χ1n) is 6.60. The molecule has 1 aliphatic rings. The molecule has 0 spiro atoms. The lowest BCUT2D eigenvalue weighted by molar-refractivity contribution is 0.0160. The lowest BCUT2D eigenvalue weighted by Gasteiger charge is -2.47. The van der Waals surface area contributed by atoms with Gasteiger partial charge in [-0.3, -0.25) is 4.90 Å². The average molecular weight is 228 g/mol. The maximum absolute atomic E-state index is 5.34. The van der Waals surface area contributed by atoms with Crippen LogP contribution in [-0.4, -0.2) is 50.3 Å². The first-order chi connectivity index (χ1) is 7.69. The summed E-state index contributed by atoms with van der Waals surface area (Å²) in [6.45, 7) is 7.93. The van der Waals surface area contributed by atoms with Crippen LogP contribution in [0.1, 0.15) is 39.5 Å². The number of methoxy groups -OCH3 is 1. The third kappa shape index (κ3) is 2.96. The molecule has 1 fully saturated rings. The van der Waals surface area contributed by atoms with Gasteiger partial charge in [-0.05, 0) is 46.3 Å². The number of rotatable bonds is 6. The lowest BCUT2D eigenvalue weighted by atomic mass is 9.86. The van der Waals surface area contributed by atoms with E-state index in [1.807, 2.05) is 7.05 Å². The summed E-state index contributed by atoms with van der Waals surface area (Å²) >= 11 is 0. The van der Waals surface area contributed by atoms with E-state index in [1.54, 1.807) is 7.11 Å². The van der Waals surface area contributed by atoms with Gasteiger partial charge in [-0.25, -0.2) is 0 Å². The monoisotopic (exact) mass is 228 g/mol. The molecule has 3 heteroatoms. The van der Waals surface area contributed by atoms with E-state index < -0.39 is 0 Å². The van der Waals surface area contributed by atoms with Gasteiger partial charge in [0, 0.05) is 18.7 Å². The van der Waals surface area contributed by atoms with Gasteiger partial charge in [0.15, 0.2) is 0 Å². The average Bonchev–Trinajstić information content (AvgIpc) is 2.36. The number of hydrogen-bond donors (Lipinski definition) is 1. The van der Waals surface area contributed by atoms with Crippen molar-refractivity contribution in [2.24, 2.45) is 0 Å². The van der Waals surface area contributed by atoms with Crippen molar-refractivity contribution in [1.82, 2.24) is 10.2 Å². The van der Waals surface area contributed by atoms with Crippen molar-refractivity contribution in [2.45, 2.75) is 51.1 Å². The Kier molecular flexibility index (Phi) is 5.73. The Bertz CT molecular complexity index is 186. The van der Waals surface area contributed by atoms with E-state index in [0.29, 0.717) is 6.04 Å². The molecule has 0 bridgehead atoms. The van der Waals surface area contributed by atoms with Crippen LogP contribution in [-0.2, 0) is 4.74 Å². The van der Waals surface area contributed by atoms with E-state index in [2.05, 4.69) is 24.1 Å². The van der Waals surface area contributed by atoms with E-state index in [4.69, 9.17) is 4.74 Å². The third-order valence-electron chi connectivity index (χ3n) is 4.23. The minimum Gasteiger partial charge on any atom is -0.383 e. The van der Waals surface area contributed by atoms with Crippen molar-refractivity contribution in [3.63, 3.8) is 0 Å². The lowest BCUT2D eigenvalue weighted by Crippen LogP contribution is -2.61. The summed E-state index contributed by atoms with van der Waals surface area (Å²) in [6.07, 6.45) is 5.25. The highest BCUT2D eigenvalue weighted by atomic mass is 16.5. The van der Waals surface area contributed by atoms with Gasteiger partial charge in [-0.1, -0.05) is 13.3 Å². The Hall–Kier alpha value is -0.120. The van der Waals surface area contributed by atoms with Crippen molar-refractivity contribution in [2.75, 3.05) is 33.9 Å². The molecule has 0 radical (unpaired) electrons. The fraction of sp³-hybridized carbons (Fsp3) is 1.00. The molecular weight excluding hydrogens is 200 g/mol. The largest absolute Gasteiger partial charge is 0.383 e. The summed E-state index contributed by atoms with van der Waals surface area (Å²) in [6, 6.07) is 0.417. The van der Waals surface area contributed by atoms with E-state index in [1.165, 1.54) is 38.8 Å². The standard InChI is InChI=1S/C13H28N2O/c1-5-13(2,12(14-3)11-16-4)15-9-7-6-8-10-15/h12,14H,5-11H2,1-4H3. The van der Waals surface area contributed by atoms with Gasteiger partial charge in [-0.15, -0.1) is 0 Å². The quantitative estimate of drug-likeness (QED) is 0.751. The molecule has 1 N–H and O–H groups in total. The van der Waals surface area contributed by atoms with Gasteiger partial charge >= 0.3 is 0 Å². The van der Waals surface area contributed by atoms with Gasteiger partial charge in [0.2, 0.25) is 0 Å². The van der Waals surface area contributed by atoms with Crippen molar-refractivity contribution >= 4 is 0 Å². The van der Waals surface area contributed by atoms with Crippen molar-refractivity contribution in [3.05, 3.63) is 0 Å².